The second-order valence-electron chi connectivity index (χ2n) is 4.53. The van der Waals surface area contributed by atoms with Crippen molar-refractivity contribution in [3.8, 4) is 16.6 Å². The van der Waals surface area contributed by atoms with Crippen LogP contribution in [0.1, 0.15) is 29.6 Å². The second kappa shape index (κ2) is 4.66. The number of nitriles is 1. The average Bonchev–Trinajstić information content (AvgIpc) is 3.21. The van der Waals surface area contributed by atoms with E-state index in [0.29, 0.717) is 5.69 Å². The Hall–Kier alpha value is -1.75. The quantitative estimate of drug-likeness (QED) is 0.729. The van der Waals surface area contributed by atoms with Crippen LogP contribution in [0.3, 0.4) is 0 Å². The van der Waals surface area contributed by atoms with Crippen LogP contribution < -0.4 is 0 Å². The van der Waals surface area contributed by atoms with Crippen LogP contribution in [0.25, 0.3) is 15.5 Å². The van der Waals surface area contributed by atoms with E-state index in [1.807, 2.05) is 17.5 Å². The third kappa shape index (κ3) is 1.77. The first-order valence-corrected chi connectivity index (χ1v) is 8.01. The van der Waals surface area contributed by atoms with Crippen molar-refractivity contribution in [2.45, 2.75) is 18.9 Å². The van der Waals surface area contributed by atoms with E-state index in [2.05, 4.69) is 16.2 Å². The average molecular weight is 302 g/mol. The summed E-state index contributed by atoms with van der Waals surface area (Å²) in [5.41, 5.74) is 1.23. The SMILES string of the molecule is N#Cc1c(-c2cccs2)nc2sc(C3CCCO3)nn12. The number of fused-ring (bicyclic) bond motifs is 1. The second-order valence-corrected chi connectivity index (χ2v) is 6.47. The zero-order chi connectivity index (χ0) is 13.5. The summed E-state index contributed by atoms with van der Waals surface area (Å²) in [7, 11) is 0. The molecule has 0 radical (unpaired) electrons. The molecule has 7 heteroatoms. The minimum absolute atomic E-state index is 0.0680. The highest BCUT2D eigenvalue weighted by molar-refractivity contribution is 7.17. The molecule has 0 bridgehead atoms. The van der Waals surface area contributed by atoms with Gasteiger partial charge in [-0.1, -0.05) is 17.4 Å². The number of aromatic nitrogens is 3. The number of ether oxygens (including phenoxy) is 1. The van der Waals surface area contributed by atoms with Crippen LogP contribution in [0.5, 0.6) is 0 Å². The monoisotopic (exact) mass is 302 g/mol. The van der Waals surface area contributed by atoms with Gasteiger partial charge in [-0.15, -0.1) is 11.3 Å². The molecule has 0 N–H and O–H groups in total. The van der Waals surface area contributed by atoms with Crippen LogP contribution >= 0.6 is 22.7 Å². The Balaban J connectivity index is 1.85. The topological polar surface area (TPSA) is 63.2 Å². The van der Waals surface area contributed by atoms with E-state index in [0.717, 1.165) is 40.0 Å². The van der Waals surface area contributed by atoms with Gasteiger partial charge in [-0.25, -0.2) is 4.98 Å². The summed E-state index contributed by atoms with van der Waals surface area (Å²) in [5, 5.41) is 16.8. The van der Waals surface area contributed by atoms with E-state index >= 15 is 0 Å². The van der Waals surface area contributed by atoms with Gasteiger partial charge >= 0.3 is 0 Å². The maximum absolute atomic E-state index is 9.41. The van der Waals surface area contributed by atoms with Crippen LogP contribution in [-0.2, 0) is 4.74 Å². The van der Waals surface area contributed by atoms with Crippen molar-refractivity contribution < 1.29 is 4.74 Å². The molecule has 3 aromatic heterocycles. The van der Waals surface area contributed by atoms with Gasteiger partial charge in [0.05, 0.1) is 4.88 Å². The van der Waals surface area contributed by atoms with Gasteiger partial charge in [0.1, 0.15) is 22.9 Å². The molecular formula is C13H10N4OS2. The lowest BCUT2D eigenvalue weighted by atomic mass is 10.2. The molecule has 100 valence electrons. The Labute approximate surface area is 123 Å². The highest BCUT2D eigenvalue weighted by Gasteiger charge is 2.25. The van der Waals surface area contributed by atoms with Gasteiger partial charge in [-0.3, -0.25) is 0 Å². The fourth-order valence-electron chi connectivity index (χ4n) is 2.35. The zero-order valence-corrected chi connectivity index (χ0v) is 12.1. The Bertz CT molecular complexity index is 790. The van der Waals surface area contributed by atoms with Crippen molar-refractivity contribution >= 4 is 27.6 Å². The molecule has 5 nitrogen and oxygen atoms in total. The Kier molecular flexibility index (Phi) is 2.80. The molecule has 1 aliphatic rings. The number of nitrogens with zero attached hydrogens (tertiary/aromatic N) is 4. The Morgan fingerprint density at radius 2 is 2.45 bits per heavy atom. The van der Waals surface area contributed by atoms with Gasteiger partial charge in [-0.2, -0.15) is 14.9 Å². The van der Waals surface area contributed by atoms with E-state index in [4.69, 9.17) is 4.74 Å². The zero-order valence-electron chi connectivity index (χ0n) is 10.4. The Morgan fingerprint density at radius 1 is 1.50 bits per heavy atom. The lowest BCUT2D eigenvalue weighted by molar-refractivity contribution is 0.111. The third-order valence-electron chi connectivity index (χ3n) is 3.28. The molecule has 1 aliphatic heterocycles. The number of thiophene rings is 1. The predicted octanol–water partition coefficient (Wildman–Crippen LogP) is 3.24. The van der Waals surface area contributed by atoms with E-state index in [9.17, 15) is 5.26 Å². The third-order valence-corrected chi connectivity index (χ3v) is 5.16. The van der Waals surface area contributed by atoms with Gasteiger partial charge in [0.25, 0.3) is 0 Å². The summed E-state index contributed by atoms with van der Waals surface area (Å²) in [6.45, 7) is 0.790. The van der Waals surface area contributed by atoms with Crippen molar-refractivity contribution in [2.75, 3.05) is 6.61 Å². The molecule has 4 heterocycles. The first kappa shape index (κ1) is 12.0. The van der Waals surface area contributed by atoms with Gasteiger partial charge < -0.3 is 4.74 Å². The fraction of sp³-hybridized carbons (Fsp3) is 0.308. The van der Waals surface area contributed by atoms with Gasteiger partial charge in [0, 0.05) is 6.61 Å². The van der Waals surface area contributed by atoms with Crippen LogP contribution in [0.2, 0.25) is 0 Å². The molecule has 4 rings (SSSR count). The van der Waals surface area contributed by atoms with Gasteiger partial charge in [0.2, 0.25) is 4.96 Å². The molecule has 0 aliphatic carbocycles. The molecule has 1 saturated heterocycles. The molecular weight excluding hydrogens is 292 g/mol. The van der Waals surface area contributed by atoms with Crippen molar-refractivity contribution in [1.82, 2.24) is 14.6 Å². The van der Waals surface area contributed by atoms with Crippen molar-refractivity contribution in [3.63, 3.8) is 0 Å². The molecule has 1 fully saturated rings. The standard InChI is InChI=1S/C13H10N4OS2/c14-7-8-11(10-4-2-6-19-10)15-13-17(8)16-12(20-13)9-3-1-5-18-9/h2,4,6,9H,1,3,5H2. The highest BCUT2D eigenvalue weighted by atomic mass is 32.1. The Morgan fingerprint density at radius 3 is 3.15 bits per heavy atom. The number of imidazole rings is 1. The summed E-state index contributed by atoms with van der Waals surface area (Å²) >= 11 is 3.09. The molecule has 20 heavy (non-hydrogen) atoms. The maximum Gasteiger partial charge on any atom is 0.214 e. The minimum Gasteiger partial charge on any atom is -0.371 e. The van der Waals surface area contributed by atoms with E-state index in [1.54, 1.807) is 15.9 Å². The van der Waals surface area contributed by atoms with Crippen LogP contribution in [0.4, 0.5) is 0 Å². The normalized spacial score (nSPS) is 18.6. The number of hydrogen-bond donors (Lipinski definition) is 0. The molecule has 0 aromatic carbocycles. The van der Waals surface area contributed by atoms with Crippen molar-refractivity contribution in [2.24, 2.45) is 0 Å². The molecule has 3 aromatic rings. The lowest BCUT2D eigenvalue weighted by Crippen LogP contribution is -1.97. The molecule has 0 amide bonds. The lowest BCUT2D eigenvalue weighted by Gasteiger charge is -2.02. The van der Waals surface area contributed by atoms with Gasteiger partial charge in [0.15, 0.2) is 5.69 Å². The summed E-state index contributed by atoms with van der Waals surface area (Å²) in [6.07, 6.45) is 2.13. The highest BCUT2D eigenvalue weighted by Crippen LogP contribution is 2.34. The summed E-state index contributed by atoms with van der Waals surface area (Å²) in [5.74, 6) is 0. The maximum atomic E-state index is 9.41. The number of rotatable bonds is 2. The summed E-state index contributed by atoms with van der Waals surface area (Å²) in [4.78, 5) is 6.33. The van der Waals surface area contributed by atoms with E-state index in [-0.39, 0.29) is 6.10 Å². The molecule has 0 saturated carbocycles. The largest absolute Gasteiger partial charge is 0.371 e. The summed E-state index contributed by atoms with van der Waals surface area (Å²) in [6, 6.07) is 6.15. The predicted molar refractivity (Wildman–Crippen MR) is 76.8 cm³/mol. The van der Waals surface area contributed by atoms with Crippen LogP contribution in [0, 0.1) is 11.3 Å². The molecule has 0 spiro atoms. The van der Waals surface area contributed by atoms with E-state index in [1.165, 1.54) is 11.3 Å². The minimum atomic E-state index is 0.0680. The number of hydrogen-bond acceptors (Lipinski definition) is 6. The first-order valence-electron chi connectivity index (χ1n) is 6.32. The van der Waals surface area contributed by atoms with Crippen LogP contribution in [0.15, 0.2) is 17.5 Å². The molecule has 1 unspecified atom stereocenters. The molecule has 1 atom stereocenters. The van der Waals surface area contributed by atoms with E-state index < -0.39 is 0 Å². The van der Waals surface area contributed by atoms with Crippen molar-refractivity contribution in [1.29, 1.82) is 5.26 Å². The fourth-order valence-corrected chi connectivity index (χ4v) is 4.05. The first-order chi connectivity index (χ1) is 9.86. The smallest absolute Gasteiger partial charge is 0.214 e. The summed E-state index contributed by atoms with van der Waals surface area (Å²) < 4.78 is 7.29. The van der Waals surface area contributed by atoms with Crippen molar-refractivity contribution in [3.05, 3.63) is 28.2 Å². The van der Waals surface area contributed by atoms with Crippen LogP contribution in [-0.4, -0.2) is 21.2 Å². The van der Waals surface area contributed by atoms with Gasteiger partial charge in [-0.05, 0) is 24.3 Å².